The van der Waals surface area contributed by atoms with E-state index in [-0.39, 0.29) is 11.8 Å². The molecule has 1 rings (SSSR count). The number of hydrogen-bond acceptors (Lipinski definition) is 2. The standard InChI is InChI=1S/C10H19NO2/c1-8-6-4-5-7-9(8)10(12)11(2)13-3/h8-9H,4-7H2,1-3H3. The second-order valence-corrected chi connectivity index (χ2v) is 3.89. The summed E-state index contributed by atoms with van der Waals surface area (Å²) in [5.41, 5.74) is 0. The third kappa shape index (κ3) is 2.44. The summed E-state index contributed by atoms with van der Waals surface area (Å²) in [6.45, 7) is 2.16. The molecule has 1 saturated carbocycles. The maximum Gasteiger partial charge on any atom is 0.249 e. The molecule has 3 nitrogen and oxygen atoms in total. The van der Waals surface area contributed by atoms with Crippen molar-refractivity contribution in [3.63, 3.8) is 0 Å². The third-order valence-electron chi connectivity index (χ3n) is 3.01. The number of carbonyl (C=O) groups is 1. The van der Waals surface area contributed by atoms with Crippen molar-refractivity contribution in [3.8, 4) is 0 Å². The van der Waals surface area contributed by atoms with Gasteiger partial charge < -0.3 is 0 Å². The van der Waals surface area contributed by atoms with Gasteiger partial charge in [0, 0.05) is 13.0 Å². The van der Waals surface area contributed by atoms with Crippen LogP contribution in [-0.4, -0.2) is 25.1 Å². The van der Waals surface area contributed by atoms with E-state index in [1.54, 1.807) is 7.05 Å². The van der Waals surface area contributed by atoms with Gasteiger partial charge in [0.05, 0.1) is 7.11 Å². The average molecular weight is 185 g/mol. The van der Waals surface area contributed by atoms with E-state index in [0.29, 0.717) is 5.92 Å². The number of hydroxylamine groups is 2. The van der Waals surface area contributed by atoms with Crippen LogP contribution < -0.4 is 0 Å². The molecule has 0 spiro atoms. The van der Waals surface area contributed by atoms with Gasteiger partial charge in [-0.3, -0.25) is 9.63 Å². The van der Waals surface area contributed by atoms with Crippen molar-refractivity contribution < 1.29 is 9.63 Å². The lowest BCUT2D eigenvalue weighted by molar-refractivity contribution is -0.176. The maximum atomic E-state index is 11.7. The largest absolute Gasteiger partial charge is 0.275 e. The molecule has 2 atom stereocenters. The fourth-order valence-electron chi connectivity index (χ4n) is 2.01. The molecule has 76 valence electrons. The van der Waals surface area contributed by atoms with Gasteiger partial charge in [-0.1, -0.05) is 19.8 Å². The number of rotatable bonds is 2. The highest BCUT2D eigenvalue weighted by atomic mass is 16.7. The molecule has 1 aliphatic carbocycles. The maximum absolute atomic E-state index is 11.7. The monoisotopic (exact) mass is 185 g/mol. The molecule has 0 radical (unpaired) electrons. The van der Waals surface area contributed by atoms with Crippen molar-refractivity contribution in [1.29, 1.82) is 0 Å². The third-order valence-corrected chi connectivity index (χ3v) is 3.01. The quantitative estimate of drug-likeness (QED) is 0.614. The van der Waals surface area contributed by atoms with Gasteiger partial charge in [0.1, 0.15) is 0 Å². The van der Waals surface area contributed by atoms with Gasteiger partial charge in [-0.05, 0) is 18.8 Å². The van der Waals surface area contributed by atoms with Crippen LogP contribution in [0.15, 0.2) is 0 Å². The summed E-state index contributed by atoms with van der Waals surface area (Å²) in [5, 5.41) is 1.35. The normalized spacial score (nSPS) is 28.5. The number of carbonyl (C=O) groups excluding carboxylic acids is 1. The minimum Gasteiger partial charge on any atom is -0.275 e. The second kappa shape index (κ2) is 4.61. The van der Waals surface area contributed by atoms with Gasteiger partial charge in [0.25, 0.3) is 0 Å². The summed E-state index contributed by atoms with van der Waals surface area (Å²) in [6, 6.07) is 0. The molecule has 3 heteroatoms. The zero-order valence-electron chi connectivity index (χ0n) is 8.75. The lowest BCUT2D eigenvalue weighted by atomic mass is 9.80. The number of nitrogens with zero attached hydrogens (tertiary/aromatic N) is 1. The van der Waals surface area contributed by atoms with Crippen LogP contribution in [0.3, 0.4) is 0 Å². The molecule has 1 amide bonds. The number of hydrogen-bond donors (Lipinski definition) is 0. The first-order chi connectivity index (χ1) is 6.16. The van der Waals surface area contributed by atoms with Crippen LogP contribution in [0.5, 0.6) is 0 Å². The predicted octanol–water partition coefficient (Wildman–Crippen LogP) is 1.83. The van der Waals surface area contributed by atoms with Gasteiger partial charge >= 0.3 is 0 Å². The molecule has 0 aliphatic heterocycles. The highest BCUT2D eigenvalue weighted by molar-refractivity contribution is 5.77. The Morgan fingerprint density at radius 2 is 2.00 bits per heavy atom. The van der Waals surface area contributed by atoms with Crippen LogP contribution in [0.2, 0.25) is 0 Å². The van der Waals surface area contributed by atoms with E-state index in [1.165, 1.54) is 31.4 Å². The molecule has 0 aromatic carbocycles. The Morgan fingerprint density at radius 3 is 2.54 bits per heavy atom. The van der Waals surface area contributed by atoms with E-state index < -0.39 is 0 Å². The zero-order valence-corrected chi connectivity index (χ0v) is 8.75. The average Bonchev–Trinajstić information content (AvgIpc) is 2.16. The summed E-state index contributed by atoms with van der Waals surface area (Å²) in [6.07, 6.45) is 4.64. The van der Waals surface area contributed by atoms with Crippen LogP contribution in [0.25, 0.3) is 0 Å². The smallest absolute Gasteiger partial charge is 0.249 e. The Kier molecular flexibility index (Phi) is 3.72. The summed E-state index contributed by atoms with van der Waals surface area (Å²) in [4.78, 5) is 16.6. The molecular weight excluding hydrogens is 166 g/mol. The molecule has 1 aliphatic rings. The van der Waals surface area contributed by atoms with Gasteiger partial charge in [-0.25, -0.2) is 5.06 Å². The first-order valence-corrected chi connectivity index (χ1v) is 4.98. The number of amides is 1. The van der Waals surface area contributed by atoms with Crippen molar-refractivity contribution in [1.82, 2.24) is 5.06 Å². The fourth-order valence-corrected chi connectivity index (χ4v) is 2.01. The summed E-state index contributed by atoms with van der Waals surface area (Å²) in [7, 11) is 3.22. The lowest BCUT2D eigenvalue weighted by Crippen LogP contribution is -2.36. The lowest BCUT2D eigenvalue weighted by Gasteiger charge is -2.30. The summed E-state index contributed by atoms with van der Waals surface area (Å²) >= 11 is 0. The van der Waals surface area contributed by atoms with E-state index in [0.717, 1.165) is 6.42 Å². The molecular formula is C10H19NO2. The Hall–Kier alpha value is -0.570. The molecule has 0 saturated heterocycles. The van der Waals surface area contributed by atoms with Crippen molar-refractivity contribution in [2.75, 3.05) is 14.2 Å². The highest BCUT2D eigenvalue weighted by Crippen LogP contribution is 2.30. The topological polar surface area (TPSA) is 29.5 Å². The minimum absolute atomic E-state index is 0.134. The van der Waals surface area contributed by atoms with Crippen molar-refractivity contribution in [3.05, 3.63) is 0 Å². The van der Waals surface area contributed by atoms with E-state index in [9.17, 15) is 4.79 Å². The molecule has 2 unspecified atom stereocenters. The summed E-state index contributed by atoms with van der Waals surface area (Å²) in [5.74, 6) is 0.826. The Labute approximate surface area is 80.0 Å². The van der Waals surface area contributed by atoms with Crippen LogP contribution in [-0.2, 0) is 9.63 Å². The molecule has 0 N–H and O–H groups in total. The predicted molar refractivity (Wildman–Crippen MR) is 50.9 cm³/mol. The van der Waals surface area contributed by atoms with E-state index in [2.05, 4.69) is 6.92 Å². The SMILES string of the molecule is CON(C)C(=O)C1CCCCC1C. The molecule has 0 aromatic rings. The van der Waals surface area contributed by atoms with E-state index in [4.69, 9.17) is 4.84 Å². The first kappa shape index (κ1) is 10.5. The van der Waals surface area contributed by atoms with Gasteiger partial charge in [0.2, 0.25) is 5.91 Å². The fraction of sp³-hybridized carbons (Fsp3) is 0.900. The first-order valence-electron chi connectivity index (χ1n) is 4.98. The second-order valence-electron chi connectivity index (χ2n) is 3.89. The molecule has 0 heterocycles. The van der Waals surface area contributed by atoms with Crippen molar-refractivity contribution >= 4 is 5.91 Å². The Morgan fingerprint density at radius 1 is 1.38 bits per heavy atom. The molecule has 13 heavy (non-hydrogen) atoms. The molecule has 1 fully saturated rings. The summed E-state index contributed by atoms with van der Waals surface area (Å²) < 4.78 is 0. The highest BCUT2D eigenvalue weighted by Gasteiger charge is 2.29. The zero-order chi connectivity index (χ0) is 9.84. The molecule has 0 aromatic heterocycles. The van der Waals surface area contributed by atoms with Crippen LogP contribution in [0.1, 0.15) is 32.6 Å². The Balaban J connectivity index is 2.53. The van der Waals surface area contributed by atoms with Gasteiger partial charge in [-0.2, -0.15) is 0 Å². The van der Waals surface area contributed by atoms with Crippen molar-refractivity contribution in [2.24, 2.45) is 11.8 Å². The van der Waals surface area contributed by atoms with Crippen LogP contribution in [0, 0.1) is 11.8 Å². The van der Waals surface area contributed by atoms with Crippen LogP contribution in [0.4, 0.5) is 0 Å². The van der Waals surface area contributed by atoms with Gasteiger partial charge in [0.15, 0.2) is 0 Å². The molecule has 0 bridgehead atoms. The van der Waals surface area contributed by atoms with E-state index >= 15 is 0 Å². The minimum atomic E-state index is 0.134. The van der Waals surface area contributed by atoms with E-state index in [1.807, 2.05) is 0 Å². The Bertz CT molecular complexity index is 182. The van der Waals surface area contributed by atoms with Crippen LogP contribution >= 0.6 is 0 Å². The van der Waals surface area contributed by atoms with Gasteiger partial charge in [-0.15, -0.1) is 0 Å². The van der Waals surface area contributed by atoms with Crippen molar-refractivity contribution in [2.45, 2.75) is 32.6 Å².